The summed E-state index contributed by atoms with van der Waals surface area (Å²) in [6.07, 6.45) is 0.620. The molecular weight excluding hydrogens is 146 g/mol. The molecule has 1 fully saturated rings. The monoisotopic (exact) mass is 157 g/mol. The standard InChI is InChI=1S/C6H11N3O2/c1-4(8-9-7)5-2-3-6(10)11-5/h4-6,10H,2-3H2,1H3/t4-,5-,6?/m0/s1. The van der Waals surface area contributed by atoms with Crippen molar-refractivity contribution in [2.45, 2.75) is 38.2 Å². The first-order valence-electron chi connectivity index (χ1n) is 3.61. The van der Waals surface area contributed by atoms with Gasteiger partial charge in [0.1, 0.15) is 0 Å². The van der Waals surface area contributed by atoms with Gasteiger partial charge < -0.3 is 9.84 Å². The summed E-state index contributed by atoms with van der Waals surface area (Å²) in [7, 11) is 0. The molecule has 1 N–H and O–H groups in total. The average molecular weight is 157 g/mol. The van der Waals surface area contributed by atoms with Gasteiger partial charge in [0.2, 0.25) is 0 Å². The molecule has 11 heavy (non-hydrogen) atoms. The number of rotatable bonds is 2. The predicted molar refractivity (Wildman–Crippen MR) is 38.7 cm³/mol. The van der Waals surface area contributed by atoms with E-state index in [1.54, 1.807) is 6.92 Å². The van der Waals surface area contributed by atoms with Crippen molar-refractivity contribution in [2.75, 3.05) is 0 Å². The van der Waals surface area contributed by atoms with Crippen LogP contribution in [-0.2, 0) is 4.74 Å². The number of azide groups is 1. The van der Waals surface area contributed by atoms with Crippen LogP contribution in [0.4, 0.5) is 0 Å². The van der Waals surface area contributed by atoms with Crippen LogP contribution in [0.2, 0.25) is 0 Å². The van der Waals surface area contributed by atoms with Crippen molar-refractivity contribution in [2.24, 2.45) is 5.11 Å². The second-order valence-electron chi connectivity index (χ2n) is 2.65. The van der Waals surface area contributed by atoms with E-state index in [0.29, 0.717) is 6.42 Å². The fourth-order valence-corrected chi connectivity index (χ4v) is 1.16. The zero-order chi connectivity index (χ0) is 8.27. The molecule has 0 aromatic carbocycles. The topological polar surface area (TPSA) is 78.2 Å². The summed E-state index contributed by atoms with van der Waals surface area (Å²) in [6.45, 7) is 1.78. The molecule has 1 aliphatic rings. The van der Waals surface area contributed by atoms with E-state index < -0.39 is 6.29 Å². The Labute approximate surface area is 64.6 Å². The van der Waals surface area contributed by atoms with Crippen LogP contribution >= 0.6 is 0 Å². The highest BCUT2D eigenvalue weighted by atomic mass is 16.6. The van der Waals surface area contributed by atoms with E-state index in [1.165, 1.54) is 0 Å². The highest BCUT2D eigenvalue weighted by molar-refractivity contribution is 4.77. The summed E-state index contributed by atoms with van der Waals surface area (Å²) in [5, 5.41) is 12.4. The molecule has 0 aromatic rings. The predicted octanol–water partition coefficient (Wildman–Crippen LogP) is 1.18. The van der Waals surface area contributed by atoms with Crippen molar-refractivity contribution in [3.8, 4) is 0 Å². The molecule has 0 saturated carbocycles. The number of nitrogens with zero attached hydrogens (tertiary/aromatic N) is 3. The molecule has 0 bridgehead atoms. The summed E-state index contributed by atoms with van der Waals surface area (Å²) < 4.78 is 5.07. The smallest absolute Gasteiger partial charge is 0.155 e. The lowest BCUT2D eigenvalue weighted by Gasteiger charge is -2.12. The molecular formula is C6H11N3O2. The van der Waals surface area contributed by atoms with Crippen LogP contribution in [-0.4, -0.2) is 23.5 Å². The third-order valence-corrected chi connectivity index (χ3v) is 1.80. The van der Waals surface area contributed by atoms with E-state index in [-0.39, 0.29) is 12.1 Å². The molecule has 1 heterocycles. The van der Waals surface area contributed by atoms with E-state index in [4.69, 9.17) is 15.4 Å². The van der Waals surface area contributed by atoms with Gasteiger partial charge in [0.05, 0.1) is 12.1 Å². The molecule has 1 unspecified atom stereocenters. The quantitative estimate of drug-likeness (QED) is 0.371. The lowest BCUT2D eigenvalue weighted by Crippen LogP contribution is -2.21. The highest BCUT2D eigenvalue weighted by Crippen LogP contribution is 2.21. The Morgan fingerprint density at radius 2 is 2.45 bits per heavy atom. The van der Waals surface area contributed by atoms with Gasteiger partial charge in [-0.25, -0.2) is 0 Å². The fourth-order valence-electron chi connectivity index (χ4n) is 1.16. The van der Waals surface area contributed by atoms with Crippen molar-refractivity contribution in [3.05, 3.63) is 10.4 Å². The van der Waals surface area contributed by atoms with E-state index >= 15 is 0 Å². The second kappa shape index (κ2) is 3.57. The molecule has 1 aliphatic heterocycles. The van der Waals surface area contributed by atoms with Crippen molar-refractivity contribution in [1.82, 2.24) is 0 Å². The normalized spacial score (nSPS) is 32.9. The first-order chi connectivity index (χ1) is 5.24. The maximum absolute atomic E-state index is 8.96. The third kappa shape index (κ3) is 2.08. The Morgan fingerprint density at radius 1 is 1.73 bits per heavy atom. The third-order valence-electron chi connectivity index (χ3n) is 1.80. The molecule has 0 aliphatic carbocycles. The molecule has 62 valence electrons. The molecule has 0 aromatic heterocycles. The van der Waals surface area contributed by atoms with Crippen LogP contribution in [0.5, 0.6) is 0 Å². The van der Waals surface area contributed by atoms with Crippen molar-refractivity contribution in [1.29, 1.82) is 0 Å². The maximum Gasteiger partial charge on any atom is 0.155 e. The number of aliphatic hydroxyl groups is 1. The summed E-state index contributed by atoms with van der Waals surface area (Å²) in [5.41, 5.74) is 8.10. The second-order valence-corrected chi connectivity index (χ2v) is 2.65. The lowest BCUT2D eigenvalue weighted by atomic mass is 10.1. The first kappa shape index (κ1) is 8.33. The van der Waals surface area contributed by atoms with E-state index in [1.807, 2.05) is 0 Å². The van der Waals surface area contributed by atoms with Gasteiger partial charge in [0, 0.05) is 11.3 Å². The number of hydrogen-bond acceptors (Lipinski definition) is 3. The molecule has 0 amide bonds. The van der Waals surface area contributed by atoms with Gasteiger partial charge in [-0.05, 0) is 12.0 Å². The zero-order valence-corrected chi connectivity index (χ0v) is 6.34. The van der Waals surface area contributed by atoms with E-state index in [9.17, 15) is 0 Å². The van der Waals surface area contributed by atoms with Crippen LogP contribution in [0.25, 0.3) is 10.4 Å². The lowest BCUT2D eigenvalue weighted by molar-refractivity contribution is -0.0942. The highest BCUT2D eigenvalue weighted by Gasteiger charge is 2.27. The Kier molecular flexibility index (Phi) is 2.70. The van der Waals surface area contributed by atoms with E-state index in [0.717, 1.165) is 6.42 Å². The summed E-state index contributed by atoms with van der Waals surface area (Å²) in [4.78, 5) is 2.67. The van der Waals surface area contributed by atoms with Crippen LogP contribution < -0.4 is 0 Å². The Hall–Kier alpha value is -0.770. The van der Waals surface area contributed by atoms with Crippen molar-refractivity contribution in [3.63, 3.8) is 0 Å². The van der Waals surface area contributed by atoms with Gasteiger partial charge in [0.25, 0.3) is 0 Å². The van der Waals surface area contributed by atoms with Gasteiger partial charge in [-0.1, -0.05) is 12.0 Å². The largest absolute Gasteiger partial charge is 0.368 e. The number of aliphatic hydroxyl groups excluding tert-OH is 1. The molecule has 3 atom stereocenters. The Morgan fingerprint density at radius 3 is 2.91 bits per heavy atom. The van der Waals surface area contributed by atoms with Crippen LogP contribution in [0.1, 0.15) is 19.8 Å². The fraction of sp³-hybridized carbons (Fsp3) is 1.00. The number of hydrogen-bond donors (Lipinski definition) is 1. The van der Waals surface area contributed by atoms with Crippen molar-refractivity contribution >= 4 is 0 Å². The minimum Gasteiger partial charge on any atom is -0.368 e. The van der Waals surface area contributed by atoms with Crippen molar-refractivity contribution < 1.29 is 9.84 Å². The first-order valence-corrected chi connectivity index (χ1v) is 3.61. The van der Waals surface area contributed by atoms with Gasteiger partial charge in [-0.2, -0.15) is 0 Å². The van der Waals surface area contributed by atoms with Crippen LogP contribution in [0.15, 0.2) is 5.11 Å². The minimum atomic E-state index is -0.670. The van der Waals surface area contributed by atoms with Crippen LogP contribution in [0.3, 0.4) is 0 Å². The van der Waals surface area contributed by atoms with Gasteiger partial charge >= 0.3 is 0 Å². The van der Waals surface area contributed by atoms with Crippen LogP contribution in [0, 0.1) is 0 Å². The van der Waals surface area contributed by atoms with Gasteiger partial charge in [0.15, 0.2) is 6.29 Å². The average Bonchev–Trinajstić information content (AvgIpc) is 2.36. The summed E-state index contributed by atoms with van der Waals surface area (Å²) in [5.74, 6) is 0. The van der Waals surface area contributed by atoms with Gasteiger partial charge in [-0.3, -0.25) is 0 Å². The summed E-state index contributed by atoms with van der Waals surface area (Å²) in [6, 6.07) is -0.183. The molecule has 1 saturated heterocycles. The van der Waals surface area contributed by atoms with E-state index in [2.05, 4.69) is 10.0 Å². The molecule has 0 spiro atoms. The zero-order valence-electron chi connectivity index (χ0n) is 6.34. The molecule has 0 radical (unpaired) electrons. The molecule has 5 nitrogen and oxygen atoms in total. The van der Waals surface area contributed by atoms with Gasteiger partial charge in [-0.15, -0.1) is 0 Å². The minimum absolute atomic E-state index is 0.110. The Balaban J connectivity index is 2.42. The SMILES string of the molecule is C[C@H](N=[N+]=[N-])[C@@H]1CCC(O)O1. The maximum atomic E-state index is 8.96. The molecule has 5 heteroatoms. The molecule has 1 rings (SSSR count). The number of ether oxygens (including phenoxy) is 1. The Bertz CT molecular complexity index is 179. The summed E-state index contributed by atoms with van der Waals surface area (Å²) >= 11 is 0.